The average Bonchev–Trinajstić information content (AvgIpc) is 2.80. The molecule has 0 unspecified atom stereocenters. The number of pyridine rings is 1. The fraction of sp³-hybridized carbons (Fsp3) is 0.273. The van der Waals surface area contributed by atoms with Crippen molar-refractivity contribution in [3.8, 4) is 17.1 Å². The predicted molar refractivity (Wildman–Crippen MR) is 111 cm³/mol. The zero-order valence-electron chi connectivity index (χ0n) is 16.4. The highest BCUT2D eigenvalue weighted by Crippen LogP contribution is 2.18. The molecular weight excluding hydrogens is 366 g/mol. The Bertz CT molecular complexity index is 937. The van der Waals surface area contributed by atoms with Crippen molar-refractivity contribution in [2.24, 2.45) is 0 Å². The van der Waals surface area contributed by atoms with Crippen LogP contribution in [-0.2, 0) is 11.2 Å². The minimum atomic E-state index is 0.145. The fourth-order valence-corrected chi connectivity index (χ4v) is 3.36. The maximum Gasteiger partial charge on any atom is 0.227 e. The van der Waals surface area contributed by atoms with Gasteiger partial charge in [0, 0.05) is 32.4 Å². The zero-order valence-corrected chi connectivity index (χ0v) is 16.4. The number of hydrogen-bond acceptors (Lipinski definition) is 6. The van der Waals surface area contributed by atoms with E-state index in [0.29, 0.717) is 19.5 Å². The lowest BCUT2D eigenvalue weighted by Gasteiger charge is -2.35. The van der Waals surface area contributed by atoms with E-state index in [1.807, 2.05) is 59.5 Å². The van der Waals surface area contributed by atoms with Crippen LogP contribution in [0.15, 0.2) is 60.8 Å². The van der Waals surface area contributed by atoms with Gasteiger partial charge in [-0.15, -0.1) is 10.2 Å². The third-order valence-electron chi connectivity index (χ3n) is 5.05. The second-order valence-electron chi connectivity index (χ2n) is 6.88. The summed E-state index contributed by atoms with van der Waals surface area (Å²) in [6.45, 7) is 2.84. The first-order valence-corrected chi connectivity index (χ1v) is 9.64. The maximum absolute atomic E-state index is 12.6. The van der Waals surface area contributed by atoms with Gasteiger partial charge in [0.1, 0.15) is 11.4 Å². The minimum absolute atomic E-state index is 0.145. The van der Waals surface area contributed by atoms with Crippen LogP contribution in [-0.4, -0.2) is 59.3 Å². The summed E-state index contributed by atoms with van der Waals surface area (Å²) >= 11 is 0. The predicted octanol–water partition coefficient (Wildman–Crippen LogP) is 2.44. The van der Waals surface area contributed by atoms with Crippen LogP contribution in [0, 0.1) is 0 Å². The first-order valence-electron chi connectivity index (χ1n) is 9.64. The second kappa shape index (κ2) is 8.68. The van der Waals surface area contributed by atoms with Gasteiger partial charge in [-0.05, 0) is 42.0 Å². The number of carbonyl (C=O) groups excluding carboxylic acids is 1. The third kappa shape index (κ3) is 4.51. The largest absolute Gasteiger partial charge is 0.497 e. The van der Waals surface area contributed by atoms with E-state index in [2.05, 4.69) is 20.1 Å². The third-order valence-corrected chi connectivity index (χ3v) is 5.05. The molecule has 29 heavy (non-hydrogen) atoms. The number of methoxy groups -OCH3 is 1. The molecule has 0 radical (unpaired) electrons. The standard InChI is InChI=1S/C22H23N5O2/c1-29-18-7-5-17(6-8-18)16-22(28)27-14-12-26(13-15-27)21-10-9-20(24-25-21)19-4-2-3-11-23-19/h2-11H,12-16H2,1H3. The van der Waals surface area contributed by atoms with Gasteiger partial charge in [0.25, 0.3) is 0 Å². The molecule has 0 aliphatic carbocycles. The summed E-state index contributed by atoms with van der Waals surface area (Å²) in [4.78, 5) is 21.0. The second-order valence-corrected chi connectivity index (χ2v) is 6.88. The van der Waals surface area contributed by atoms with Crippen molar-refractivity contribution < 1.29 is 9.53 Å². The van der Waals surface area contributed by atoms with Crippen molar-refractivity contribution in [3.05, 3.63) is 66.4 Å². The van der Waals surface area contributed by atoms with Crippen LogP contribution in [0.4, 0.5) is 5.82 Å². The molecule has 7 nitrogen and oxygen atoms in total. The van der Waals surface area contributed by atoms with Crippen LogP contribution >= 0.6 is 0 Å². The van der Waals surface area contributed by atoms with Gasteiger partial charge in [-0.2, -0.15) is 0 Å². The summed E-state index contributed by atoms with van der Waals surface area (Å²) in [5, 5.41) is 8.66. The summed E-state index contributed by atoms with van der Waals surface area (Å²) in [5.41, 5.74) is 2.55. The Hall–Kier alpha value is -3.48. The quantitative estimate of drug-likeness (QED) is 0.668. The number of amides is 1. The lowest BCUT2D eigenvalue weighted by molar-refractivity contribution is -0.130. The molecule has 1 aromatic carbocycles. The topological polar surface area (TPSA) is 71.5 Å². The number of anilines is 1. The van der Waals surface area contributed by atoms with Crippen LogP contribution in [0.3, 0.4) is 0 Å². The molecule has 1 amide bonds. The average molecular weight is 389 g/mol. The number of ether oxygens (including phenoxy) is 1. The normalized spacial score (nSPS) is 14.0. The Balaban J connectivity index is 1.32. The minimum Gasteiger partial charge on any atom is -0.497 e. The summed E-state index contributed by atoms with van der Waals surface area (Å²) in [6, 6.07) is 17.3. The molecule has 148 valence electrons. The number of hydrogen-bond donors (Lipinski definition) is 0. The van der Waals surface area contributed by atoms with Crippen molar-refractivity contribution in [2.45, 2.75) is 6.42 Å². The van der Waals surface area contributed by atoms with Gasteiger partial charge < -0.3 is 14.5 Å². The van der Waals surface area contributed by atoms with Crippen molar-refractivity contribution in [3.63, 3.8) is 0 Å². The van der Waals surface area contributed by atoms with E-state index in [9.17, 15) is 4.79 Å². The first-order chi connectivity index (χ1) is 14.2. The summed E-state index contributed by atoms with van der Waals surface area (Å²) in [5.74, 6) is 1.77. The highest BCUT2D eigenvalue weighted by molar-refractivity contribution is 5.79. The summed E-state index contributed by atoms with van der Waals surface area (Å²) in [7, 11) is 1.64. The van der Waals surface area contributed by atoms with Crippen LogP contribution in [0.2, 0.25) is 0 Å². The molecule has 1 fully saturated rings. The van der Waals surface area contributed by atoms with Gasteiger partial charge in [0.15, 0.2) is 5.82 Å². The van der Waals surface area contributed by atoms with E-state index in [1.165, 1.54) is 0 Å². The Labute approximate surface area is 170 Å². The van der Waals surface area contributed by atoms with Gasteiger partial charge >= 0.3 is 0 Å². The van der Waals surface area contributed by atoms with Crippen LogP contribution < -0.4 is 9.64 Å². The Kier molecular flexibility index (Phi) is 5.65. The number of nitrogens with zero attached hydrogens (tertiary/aromatic N) is 5. The van der Waals surface area contributed by atoms with Gasteiger partial charge in [-0.25, -0.2) is 0 Å². The Morgan fingerprint density at radius 2 is 1.72 bits per heavy atom. The summed E-state index contributed by atoms with van der Waals surface area (Å²) < 4.78 is 5.16. The number of aromatic nitrogens is 3. The van der Waals surface area contributed by atoms with Crippen molar-refractivity contribution in [1.82, 2.24) is 20.1 Å². The van der Waals surface area contributed by atoms with E-state index in [1.54, 1.807) is 13.3 Å². The van der Waals surface area contributed by atoms with Crippen LogP contribution in [0.1, 0.15) is 5.56 Å². The number of rotatable bonds is 5. The molecule has 0 saturated carbocycles. The smallest absolute Gasteiger partial charge is 0.227 e. The van der Waals surface area contributed by atoms with E-state index in [4.69, 9.17) is 4.74 Å². The van der Waals surface area contributed by atoms with Gasteiger partial charge in [-0.3, -0.25) is 9.78 Å². The van der Waals surface area contributed by atoms with E-state index in [-0.39, 0.29) is 5.91 Å². The number of carbonyl (C=O) groups is 1. The monoisotopic (exact) mass is 389 g/mol. The lowest BCUT2D eigenvalue weighted by Crippen LogP contribution is -2.49. The molecule has 7 heteroatoms. The molecule has 2 aromatic heterocycles. The molecule has 0 bridgehead atoms. The molecule has 1 saturated heterocycles. The van der Waals surface area contributed by atoms with Crippen LogP contribution in [0.5, 0.6) is 5.75 Å². The molecule has 1 aliphatic rings. The van der Waals surface area contributed by atoms with E-state index in [0.717, 1.165) is 41.6 Å². The maximum atomic E-state index is 12.6. The molecular formula is C22H23N5O2. The Morgan fingerprint density at radius 1 is 0.931 bits per heavy atom. The highest BCUT2D eigenvalue weighted by Gasteiger charge is 2.22. The molecule has 0 atom stereocenters. The van der Waals surface area contributed by atoms with E-state index >= 15 is 0 Å². The van der Waals surface area contributed by atoms with Crippen molar-refractivity contribution >= 4 is 11.7 Å². The van der Waals surface area contributed by atoms with Gasteiger partial charge in [0.2, 0.25) is 5.91 Å². The molecule has 3 aromatic rings. The molecule has 4 rings (SSSR count). The fourth-order valence-electron chi connectivity index (χ4n) is 3.36. The van der Waals surface area contributed by atoms with Gasteiger partial charge in [-0.1, -0.05) is 18.2 Å². The molecule has 0 N–H and O–H groups in total. The molecule has 0 spiro atoms. The van der Waals surface area contributed by atoms with Crippen LogP contribution in [0.25, 0.3) is 11.4 Å². The lowest BCUT2D eigenvalue weighted by atomic mass is 10.1. The first kappa shape index (κ1) is 18.9. The van der Waals surface area contributed by atoms with Gasteiger partial charge in [0.05, 0.1) is 19.2 Å². The van der Waals surface area contributed by atoms with E-state index < -0.39 is 0 Å². The number of piperazine rings is 1. The zero-order chi connectivity index (χ0) is 20.1. The number of benzene rings is 1. The Morgan fingerprint density at radius 3 is 2.34 bits per heavy atom. The molecule has 3 heterocycles. The van der Waals surface area contributed by atoms with Crippen molar-refractivity contribution in [2.75, 3.05) is 38.2 Å². The molecule has 1 aliphatic heterocycles. The highest BCUT2D eigenvalue weighted by atomic mass is 16.5. The van der Waals surface area contributed by atoms with Crippen molar-refractivity contribution in [1.29, 1.82) is 0 Å². The SMILES string of the molecule is COc1ccc(CC(=O)N2CCN(c3ccc(-c4ccccn4)nn3)CC2)cc1. The summed E-state index contributed by atoms with van der Waals surface area (Å²) in [6.07, 6.45) is 2.15.